The third kappa shape index (κ3) is 6.02. The van der Waals surface area contributed by atoms with Crippen LogP contribution in [0.1, 0.15) is 39.5 Å². The molecular formula is C22H21N5O5. The van der Waals surface area contributed by atoms with Crippen LogP contribution in [0.2, 0.25) is 0 Å². The molecule has 0 saturated heterocycles. The first-order valence-electron chi connectivity index (χ1n) is 9.52. The summed E-state index contributed by atoms with van der Waals surface area (Å²) in [4.78, 5) is 34.9. The van der Waals surface area contributed by atoms with Crippen molar-refractivity contribution in [3.63, 3.8) is 0 Å². The van der Waals surface area contributed by atoms with Crippen molar-refractivity contribution in [2.24, 2.45) is 16.5 Å². The zero-order chi connectivity index (χ0) is 23.1. The average Bonchev–Trinajstić information content (AvgIpc) is 2.77. The number of aliphatic carboxylic acids is 1. The van der Waals surface area contributed by atoms with E-state index < -0.39 is 17.9 Å². The number of aromatic nitrogens is 2. The number of hydrogen-bond acceptors (Lipinski definition) is 6. The van der Waals surface area contributed by atoms with Gasteiger partial charge in [0.2, 0.25) is 0 Å². The number of aliphatic imine (C=N–C) groups is 1. The summed E-state index contributed by atoms with van der Waals surface area (Å²) in [5, 5.41) is 18.4. The highest BCUT2D eigenvalue weighted by Crippen LogP contribution is 2.29. The van der Waals surface area contributed by atoms with Crippen LogP contribution in [0.15, 0.2) is 65.8 Å². The molecule has 1 unspecified atom stereocenters. The Hall–Kier alpha value is -4.47. The van der Waals surface area contributed by atoms with Crippen molar-refractivity contribution in [3.05, 3.63) is 83.2 Å². The number of nitrogens with two attached hydrogens (primary N) is 2. The topological polar surface area (TPSA) is 174 Å². The second kappa shape index (κ2) is 10.0. The van der Waals surface area contributed by atoms with Crippen molar-refractivity contribution < 1.29 is 24.5 Å². The van der Waals surface area contributed by atoms with Gasteiger partial charge in [0.15, 0.2) is 5.96 Å². The molecule has 6 N–H and O–H groups in total. The van der Waals surface area contributed by atoms with Crippen molar-refractivity contribution in [1.29, 1.82) is 0 Å². The number of rotatable bonds is 9. The number of guanidine groups is 1. The maximum absolute atomic E-state index is 11.4. The van der Waals surface area contributed by atoms with Crippen LogP contribution in [0.5, 0.6) is 11.8 Å². The number of benzene rings is 2. The second-order valence-electron chi connectivity index (χ2n) is 6.83. The number of aromatic carboxylic acids is 1. The van der Waals surface area contributed by atoms with Gasteiger partial charge in [0.25, 0.3) is 0 Å². The van der Waals surface area contributed by atoms with Gasteiger partial charge in [0.1, 0.15) is 5.75 Å². The standard InChI is InChI=1S/C22H21N5O5/c23-21(24)26-12-13-1-7-16(8-2-13)32-22-25-10-9-18(27-22)17(11-19(28)29)14-3-5-15(6-4-14)20(30)31/h1-10,17H,11-12H2,(H,28,29)(H,30,31)(H4,23,24,26). The molecule has 164 valence electrons. The average molecular weight is 435 g/mol. The highest BCUT2D eigenvalue weighted by atomic mass is 16.5. The van der Waals surface area contributed by atoms with Gasteiger partial charge < -0.3 is 26.4 Å². The molecule has 0 saturated carbocycles. The minimum atomic E-state index is -1.06. The van der Waals surface area contributed by atoms with Gasteiger partial charge in [-0.25, -0.2) is 14.8 Å². The monoisotopic (exact) mass is 435 g/mol. The van der Waals surface area contributed by atoms with E-state index in [1.54, 1.807) is 42.5 Å². The number of nitrogens with zero attached hydrogens (tertiary/aromatic N) is 3. The Bertz CT molecular complexity index is 1130. The van der Waals surface area contributed by atoms with Crippen LogP contribution in [0.3, 0.4) is 0 Å². The lowest BCUT2D eigenvalue weighted by Crippen LogP contribution is -2.22. The zero-order valence-electron chi connectivity index (χ0n) is 16.9. The molecule has 32 heavy (non-hydrogen) atoms. The van der Waals surface area contributed by atoms with E-state index in [2.05, 4.69) is 15.0 Å². The van der Waals surface area contributed by atoms with Crippen LogP contribution in [0.4, 0.5) is 0 Å². The van der Waals surface area contributed by atoms with E-state index in [1.165, 1.54) is 18.3 Å². The van der Waals surface area contributed by atoms with Gasteiger partial charge in [-0.2, -0.15) is 4.98 Å². The molecule has 0 aliphatic rings. The largest absolute Gasteiger partial charge is 0.481 e. The highest BCUT2D eigenvalue weighted by Gasteiger charge is 2.21. The zero-order valence-corrected chi connectivity index (χ0v) is 16.9. The summed E-state index contributed by atoms with van der Waals surface area (Å²) >= 11 is 0. The Morgan fingerprint density at radius 2 is 1.69 bits per heavy atom. The van der Waals surface area contributed by atoms with Crippen LogP contribution in [0.25, 0.3) is 0 Å². The number of carboxylic acid groups (broad SMARTS) is 2. The third-order valence-electron chi connectivity index (χ3n) is 4.53. The molecule has 3 rings (SSSR count). The number of carbonyl (C=O) groups is 2. The van der Waals surface area contributed by atoms with Gasteiger partial charge in [-0.3, -0.25) is 4.79 Å². The Morgan fingerprint density at radius 3 is 2.28 bits per heavy atom. The summed E-state index contributed by atoms with van der Waals surface area (Å²) in [5.74, 6) is -2.20. The van der Waals surface area contributed by atoms with Gasteiger partial charge in [-0.1, -0.05) is 24.3 Å². The molecule has 0 aliphatic carbocycles. The minimum absolute atomic E-state index is 0.00376. The van der Waals surface area contributed by atoms with Crippen molar-refractivity contribution >= 4 is 17.9 Å². The van der Waals surface area contributed by atoms with E-state index in [0.717, 1.165) is 5.56 Å². The van der Waals surface area contributed by atoms with Crippen LogP contribution >= 0.6 is 0 Å². The lowest BCUT2D eigenvalue weighted by atomic mass is 9.91. The van der Waals surface area contributed by atoms with E-state index in [-0.39, 0.29) is 24.0 Å². The lowest BCUT2D eigenvalue weighted by molar-refractivity contribution is -0.137. The third-order valence-corrected chi connectivity index (χ3v) is 4.53. The van der Waals surface area contributed by atoms with Crippen molar-refractivity contribution in [1.82, 2.24) is 9.97 Å². The normalized spacial score (nSPS) is 11.4. The molecule has 1 heterocycles. The smallest absolute Gasteiger partial charge is 0.335 e. The molecule has 0 aliphatic heterocycles. The molecule has 0 amide bonds. The predicted molar refractivity (Wildman–Crippen MR) is 116 cm³/mol. The minimum Gasteiger partial charge on any atom is -0.481 e. The van der Waals surface area contributed by atoms with Crippen LogP contribution < -0.4 is 16.2 Å². The Morgan fingerprint density at radius 1 is 1.00 bits per heavy atom. The van der Waals surface area contributed by atoms with E-state index >= 15 is 0 Å². The first kappa shape index (κ1) is 22.2. The van der Waals surface area contributed by atoms with Gasteiger partial charge in [-0.05, 0) is 41.5 Å². The van der Waals surface area contributed by atoms with Crippen molar-refractivity contribution in [2.75, 3.05) is 0 Å². The number of hydrogen-bond donors (Lipinski definition) is 4. The van der Waals surface area contributed by atoms with E-state index in [4.69, 9.17) is 21.3 Å². The Kier molecular flexibility index (Phi) is 6.96. The molecule has 0 radical (unpaired) electrons. The molecule has 10 heteroatoms. The summed E-state index contributed by atoms with van der Waals surface area (Å²) in [6.07, 6.45) is 1.24. The first-order chi connectivity index (χ1) is 15.3. The Labute approximate surface area is 183 Å². The molecule has 0 bridgehead atoms. The van der Waals surface area contributed by atoms with E-state index in [9.17, 15) is 14.7 Å². The quantitative estimate of drug-likeness (QED) is 0.290. The number of ether oxygens (including phenoxy) is 1. The fraction of sp³-hybridized carbons (Fsp3) is 0.136. The maximum atomic E-state index is 11.4. The van der Waals surface area contributed by atoms with Crippen molar-refractivity contribution in [2.45, 2.75) is 18.9 Å². The maximum Gasteiger partial charge on any atom is 0.335 e. The molecule has 0 fully saturated rings. The first-order valence-corrected chi connectivity index (χ1v) is 9.52. The van der Waals surface area contributed by atoms with Gasteiger partial charge in [0.05, 0.1) is 24.2 Å². The summed E-state index contributed by atoms with van der Waals surface area (Å²) in [6.45, 7) is 0.339. The van der Waals surface area contributed by atoms with E-state index in [0.29, 0.717) is 23.6 Å². The second-order valence-corrected chi connectivity index (χ2v) is 6.83. The lowest BCUT2D eigenvalue weighted by Gasteiger charge is -2.16. The molecule has 3 aromatic rings. The van der Waals surface area contributed by atoms with E-state index in [1.807, 2.05) is 0 Å². The molecule has 1 aromatic heterocycles. The SMILES string of the molecule is NC(N)=NCc1ccc(Oc2nccc(C(CC(=O)O)c3ccc(C(=O)O)cc3)n2)cc1. The summed E-state index contributed by atoms with van der Waals surface area (Å²) in [6, 6.07) is 14.7. The van der Waals surface area contributed by atoms with Crippen LogP contribution in [-0.4, -0.2) is 38.1 Å². The molecule has 1 atom stereocenters. The van der Waals surface area contributed by atoms with Crippen LogP contribution in [0, 0.1) is 0 Å². The highest BCUT2D eigenvalue weighted by molar-refractivity contribution is 5.87. The predicted octanol–water partition coefficient (Wildman–Crippen LogP) is 2.35. The molecule has 2 aromatic carbocycles. The molecule has 10 nitrogen and oxygen atoms in total. The summed E-state index contributed by atoms with van der Waals surface area (Å²) in [7, 11) is 0. The Balaban J connectivity index is 1.82. The molecular weight excluding hydrogens is 414 g/mol. The summed E-state index contributed by atoms with van der Waals surface area (Å²) in [5.41, 5.74) is 12.7. The summed E-state index contributed by atoms with van der Waals surface area (Å²) < 4.78 is 5.71. The number of carboxylic acids is 2. The molecule has 0 spiro atoms. The van der Waals surface area contributed by atoms with Gasteiger partial charge >= 0.3 is 17.9 Å². The van der Waals surface area contributed by atoms with Gasteiger partial charge in [0, 0.05) is 12.1 Å². The fourth-order valence-electron chi connectivity index (χ4n) is 2.97. The van der Waals surface area contributed by atoms with Crippen LogP contribution in [-0.2, 0) is 11.3 Å². The fourth-order valence-corrected chi connectivity index (χ4v) is 2.97. The van der Waals surface area contributed by atoms with Crippen molar-refractivity contribution in [3.8, 4) is 11.8 Å². The van der Waals surface area contributed by atoms with Gasteiger partial charge in [-0.15, -0.1) is 0 Å².